The number of unbranched alkanes of at least 4 members (excludes halogenated alkanes) is 3. The molecule has 0 amide bonds. The molecule has 0 heterocycles. The highest BCUT2D eigenvalue weighted by atomic mass is 16.6. The largest absolute Gasteiger partial charge is 0.463 e. The Morgan fingerprint density at radius 2 is 0.882 bits per heavy atom. The molecule has 0 saturated heterocycles. The smallest absolute Gasteiger partial charge is 0.305 e. The summed E-state index contributed by atoms with van der Waals surface area (Å²) in [5.74, 6) is -0.568. The molecule has 0 aliphatic rings. The van der Waals surface area contributed by atoms with Crippen molar-refractivity contribution in [2.45, 2.75) is 117 Å². The number of rotatable bonds is 23. The second-order valence-corrected chi connectivity index (χ2v) is 8.93. The number of esters is 2. The van der Waals surface area contributed by atoms with Gasteiger partial charge in [-0.15, -0.1) is 0 Å². The topological polar surface area (TPSA) is 89.5 Å². The van der Waals surface area contributed by atoms with Gasteiger partial charge in [-0.2, -0.15) is 0 Å². The first kappa shape index (κ1) is 32.8. The Morgan fingerprint density at radius 1 is 0.529 bits per heavy atom. The summed E-state index contributed by atoms with van der Waals surface area (Å²) in [7, 11) is 0. The van der Waals surface area contributed by atoms with Gasteiger partial charge in [-0.1, -0.05) is 26.7 Å². The van der Waals surface area contributed by atoms with Crippen LogP contribution in [0.1, 0.15) is 92.9 Å². The van der Waals surface area contributed by atoms with Crippen molar-refractivity contribution in [3.05, 3.63) is 0 Å². The maximum atomic E-state index is 11.9. The summed E-state index contributed by atoms with van der Waals surface area (Å²) in [5, 5.41) is 0. The molecule has 0 aromatic carbocycles. The first-order valence-electron chi connectivity index (χ1n) is 13.1. The second-order valence-electron chi connectivity index (χ2n) is 8.93. The predicted molar refractivity (Wildman–Crippen MR) is 132 cm³/mol. The normalized spacial score (nSPS) is 14.9. The zero-order chi connectivity index (χ0) is 25.6. The molecule has 202 valence electrons. The third-order valence-corrected chi connectivity index (χ3v) is 5.00. The summed E-state index contributed by atoms with van der Waals surface area (Å²) in [5.41, 5.74) is 0. The number of hydrogen-bond donors (Lipinski definition) is 0. The number of carbonyl (C=O) groups excluding carboxylic acids is 2. The van der Waals surface area contributed by atoms with E-state index in [-0.39, 0.29) is 62.4 Å². The molecule has 0 aliphatic heterocycles. The molecule has 0 aromatic heterocycles. The molecule has 0 aromatic rings. The summed E-state index contributed by atoms with van der Waals surface area (Å²) < 4.78 is 33.1. The van der Waals surface area contributed by atoms with Crippen LogP contribution in [0.25, 0.3) is 0 Å². The Kier molecular flexibility index (Phi) is 21.5. The lowest BCUT2D eigenvalue weighted by Crippen LogP contribution is -2.25. The molecule has 4 atom stereocenters. The van der Waals surface area contributed by atoms with E-state index >= 15 is 0 Å². The minimum atomic E-state index is -0.284. The van der Waals surface area contributed by atoms with Crippen molar-refractivity contribution in [2.75, 3.05) is 39.6 Å². The van der Waals surface area contributed by atoms with Crippen molar-refractivity contribution in [1.82, 2.24) is 0 Å². The third-order valence-electron chi connectivity index (χ3n) is 5.00. The van der Waals surface area contributed by atoms with Crippen LogP contribution >= 0.6 is 0 Å². The van der Waals surface area contributed by atoms with Gasteiger partial charge in [0.2, 0.25) is 0 Å². The van der Waals surface area contributed by atoms with Crippen molar-refractivity contribution >= 4 is 11.9 Å². The van der Waals surface area contributed by atoms with E-state index in [0.29, 0.717) is 26.1 Å². The Labute approximate surface area is 207 Å². The van der Waals surface area contributed by atoms with E-state index in [1.807, 2.05) is 27.7 Å². The van der Waals surface area contributed by atoms with Gasteiger partial charge in [-0.3, -0.25) is 9.59 Å². The monoisotopic (exact) mass is 490 g/mol. The number of carbonyl (C=O) groups is 2. The highest BCUT2D eigenvalue weighted by molar-refractivity contribution is 5.70. The van der Waals surface area contributed by atoms with Crippen LogP contribution in [0.5, 0.6) is 0 Å². The van der Waals surface area contributed by atoms with E-state index in [1.54, 1.807) is 0 Å². The molecule has 0 spiro atoms. The quantitative estimate of drug-likeness (QED) is 0.148. The molecular weight excluding hydrogens is 440 g/mol. The Balaban J connectivity index is 3.70. The van der Waals surface area contributed by atoms with Crippen molar-refractivity contribution in [2.24, 2.45) is 0 Å². The summed E-state index contributed by atoms with van der Waals surface area (Å²) >= 11 is 0. The predicted octanol–water partition coefficient (Wildman–Crippen LogP) is 4.85. The molecule has 0 radical (unpaired) electrons. The van der Waals surface area contributed by atoms with E-state index in [4.69, 9.17) is 28.4 Å². The van der Waals surface area contributed by atoms with Crippen molar-refractivity contribution in [1.29, 1.82) is 0 Å². The molecule has 8 heteroatoms. The fourth-order valence-corrected chi connectivity index (χ4v) is 2.75. The number of ether oxygens (including phenoxy) is 6. The Bertz CT molecular complexity index is 455. The fraction of sp³-hybridized carbons (Fsp3) is 0.923. The van der Waals surface area contributed by atoms with Gasteiger partial charge in [0.1, 0.15) is 13.2 Å². The lowest BCUT2D eigenvalue weighted by molar-refractivity contribution is -0.150. The summed E-state index contributed by atoms with van der Waals surface area (Å²) in [6.45, 7) is 14.8. The van der Waals surface area contributed by atoms with Crippen LogP contribution < -0.4 is 0 Å². The average molecular weight is 491 g/mol. The van der Waals surface area contributed by atoms with Gasteiger partial charge in [0, 0.05) is 26.1 Å². The van der Waals surface area contributed by atoms with Crippen LogP contribution in [-0.2, 0) is 38.0 Å². The van der Waals surface area contributed by atoms with Crippen LogP contribution in [0.2, 0.25) is 0 Å². The van der Waals surface area contributed by atoms with Crippen molar-refractivity contribution in [3.63, 3.8) is 0 Å². The van der Waals surface area contributed by atoms with Crippen LogP contribution in [0.3, 0.4) is 0 Å². The zero-order valence-corrected chi connectivity index (χ0v) is 22.5. The van der Waals surface area contributed by atoms with E-state index in [2.05, 4.69) is 13.8 Å². The Hall–Kier alpha value is -1.22. The lowest BCUT2D eigenvalue weighted by Gasteiger charge is -2.18. The van der Waals surface area contributed by atoms with Gasteiger partial charge < -0.3 is 28.4 Å². The van der Waals surface area contributed by atoms with Gasteiger partial charge in [-0.25, -0.2) is 0 Å². The first-order valence-corrected chi connectivity index (χ1v) is 13.1. The van der Waals surface area contributed by atoms with Crippen LogP contribution in [-0.4, -0.2) is 76.0 Å². The Morgan fingerprint density at radius 3 is 1.24 bits per heavy atom. The van der Waals surface area contributed by atoms with Gasteiger partial charge in [0.25, 0.3) is 0 Å². The molecule has 0 aliphatic carbocycles. The minimum Gasteiger partial charge on any atom is -0.463 e. The molecule has 0 bridgehead atoms. The average Bonchev–Trinajstić information content (AvgIpc) is 2.81. The van der Waals surface area contributed by atoms with E-state index in [9.17, 15) is 9.59 Å². The molecule has 0 N–H and O–H groups in total. The van der Waals surface area contributed by atoms with Crippen molar-refractivity contribution in [3.8, 4) is 0 Å². The van der Waals surface area contributed by atoms with Gasteiger partial charge in [0.15, 0.2) is 0 Å². The molecule has 4 unspecified atom stereocenters. The van der Waals surface area contributed by atoms with E-state index < -0.39 is 0 Å². The van der Waals surface area contributed by atoms with Crippen LogP contribution in [0, 0.1) is 0 Å². The van der Waals surface area contributed by atoms with E-state index in [0.717, 1.165) is 38.9 Å². The van der Waals surface area contributed by atoms with Gasteiger partial charge in [0.05, 0.1) is 37.6 Å². The molecule has 34 heavy (non-hydrogen) atoms. The summed E-state index contributed by atoms with van der Waals surface area (Å²) in [6, 6.07) is 0. The lowest BCUT2D eigenvalue weighted by atomic mass is 10.2. The molecule has 0 fully saturated rings. The van der Waals surface area contributed by atoms with Crippen LogP contribution in [0.15, 0.2) is 0 Å². The summed E-state index contributed by atoms with van der Waals surface area (Å²) in [4.78, 5) is 23.8. The van der Waals surface area contributed by atoms with E-state index in [1.165, 1.54) is 0 Å². The highest BCUT2D eigenvalue weighted by Crippen LogP contribution is 2.06. The fourth-order valence-electron chi connectivity index (χ4n) is 2.75. The first-order chi connectivity index (χ1) is 16.3. The maximum absolute atomic E-state index is 11.9. The van der Waals surface area contributed by atoms with Crippen molar-refractivity contribution < 1.29 is 38.0 Å². The molecular formula is C26H50O8. The second kappa shape index (κ2) is 22.3. The molecule has 8 nitrogen and oxygen atoms in total. The molecule has 0 rings (SSSR count). The van der Waals surface area contributed by atoms with Crippen LogP contribution in [0.4, 0.5) is 0 Å². The minimum absolute atomic E-state index is 0.0205. The van der Waals surface area contributed by atoms with Gasteiger partial charge >= 0.3 is 11.9 Å². The number of hydrogen-bond acceptors (Lipinski definition) is 8. The zero-order valence-electron chi connectivity index (χ0n) is 22.5. The highest BCUT2D eigenvalue weighted by Gasteiger charge is 2.12. The SMILES string of the molecule is CCCCOC(C)COC(C)COC(=O)CCCCC(=O)OCC(C)OCC(C)OCCCC. The maximum Gasteiger partial charge on any atom is 0.305 e. The third kappa shape index (κ3) is 21.3. The van der Waals surface area contributed by atoms with Gasteiger partial charge in [-0.05, 0) is 53.4 Å². The summed E-state index contributed by atoms with van der Waals surface area (Å²) in [6.07, 6.45) is 5.63. The standard InChI is InChI=1S/C26H50O8/c1-7-9-15-29-21(3)17-31-23(5)19-33-25(27)13-11-12-14-26(28)34-20-24(6)32-18-22(4)30-16-10-8-2/h21-24H,7-20H2,1-6H3. The molecule has 0 saturated carbocycles.